The average Bonchev–Trinajstić information content (AvgIpc) is 3.27. The Labute approximate surface area is 223 Å². The predicted molar refractivity (Wildman–Crippen MR) is 145 cm³/mol. The number of nitrogens with one attached hydrogen (secondary N) is 1. The monoisotopic (exact) mass is 529 g/mol. The number of likely N-dealkylation sites (tertiary alicyclic amines) is 1. The van der Waals surface area contributed by atoms with Gasteiger partial charge in [-0.15, -0.1) is 12.4 Å². The second-order valence-corrected chi connectivity index (χ2v) is 8.89. The van der Waals surface area contributed by atoms with E-state index in [1.165, 1.54) is 10.2 Å². The Kier molecular flexibility index (Phi) is 11.2. The molecule has 1 aromatic heterocycles. The molecule has 1 saturated heterocycles. The molecule has 9 nitrogen and oxygen atoms in total. The lowest BCUT2D eigenvalue weighted by atomic mass is 9.96. The van der Waals surface area contributed by atoms with E-state index in [4.69, 9.17) is 9.47 Å². The third-order valence-corrected chi connectivity index (χ3v) is 6.35. The van der Waals surface area contributed by atoms with Crippen LogP contribution >= 0.6 is 12.4 Å². The van der Waals surface area contributed by atoms with E-state index in [1.807, 2.05) is 61.5 Å². The number of carbonyl (C=O) groups excluding carboxylic acids is 1. The molecule has 0 spiro atoms. The highest BCUT2D eigenvalue weighted by Gasteiger charge is 2.25. The highest BCUT2D eigenvalue weighted by molar-refractivity contribution is 5.85. The zero-order valence-electron chi connectivity index (χ0n) is 21.3. The van der Waals surface area contributed by atoms with Crippen molar-refractivity contribution >= 4 is 18.4 Å². The minimum absolute atomic E-state index is 0. The first-order valence-corrected chi connectivity index (χ1v) is 12.7. The normalized spacial score (nSPS) is 14.2. The van der Waals surface area contributed by atoms with Crippen LogP contribution in [0.15, 0.2) is 65.7 Å². The lowest BCUT2D eigenvalue weighted by Crippen LogP contribution is -2.36. The third-order valence-electron chi connectivity index (χ3n) is 6.35. The molecule has 200 valence electrons. The number of benzene rings is 2. The van der Waals surface area contributed by atoms with Gasteiger partial charge in [0, 0.05) is 19.6 Å². The van der Waals surface area contributed by atoms with E-state index >= 15 is 0 Å². The average molecular weight is 530 g/mol. The number of hydrogen-bond acceptors (Lipinski definition) is 7. The van der Waals surface area contributed by atoms with Crippen molar-refractivity contribution in [3.05, 3.63) is 77.0 Å². The standard InChI is InChI=1S/C27H35N5O4.ClH/c1-2-35-26(33)23-12-16-30(17-13-23)20-22-8-10-24(11-9-22)31-21-29-32(27(31)34)18-14-28-15-19-36-25-6-4-3-5-7-25;/h3-11,21,23,28H,2,12-20H2,1H3;1H. The molecule has 0 unspecified atom stereocenters. The fourth-order valence-corrected chi connectivity index (χ4v) is 4.34. The first-order chi connectivity index (χ1) is 17.6. The van der Waals surface area contributed by atoms with Gasteiger partial charge in [0.05, 0.1) is 24.8 Å². The van der Waals surface area contributed by atoms with Gasteiger partial charge in [-0.05, 0) is 62.7 Å². The maximum atomic E-state index is 12.8. The van der Waals surface area contributed by atoms with Crippen molar-refractivity contribution in [1.82, 2.24) is 24.6 Å². The van der Waals surface area contributed by atoms with Crippen molar-refractivity contribution in [2.75, 3.05) is 39.4 Å². The second-order valence-electron chi connectivity index (χ2n) is 8.89. The highest BCUT2D eigenvalue weighted by Crippen LogP contribution is 2.20. The van der Waals surface area contributed by atoms with Crippen LogP contribution in [0.4, 0.5) is 0 Å². The van der Waals surface area contributed by atoms with Gasteiger partial charge in [0.25, 0.3) is 0 Å². The summed E-state index contributed by atoms with van der Waals surface area (Å²) < 4.78 is 13.8. The van der Waals surface area contributed by atoms with Crippen molar-refractivity contribution in [3.8, 4) is 11.4 Å². The van der Waals surface area contributed by atoms with E-state index in [1.54, 1.807) is 10.9 Å². The Hall–Kier alpha value is -3.14. The number of carbonyl (C=O) groups is 1. The van der Waals surface area contributed by atoms with E-state index in [2.05, 4.69) is 15.3 Å². The Morgan fingerprint density at radius 1 is 1.05 bits per heavy atom. The number of aromatic nitrogens is 3. The lowest BCUT2D eigenvalue weighted by Gasteiger charge is -2.30. The number of halogens is 1. The molecule has 2 aromatic carbocycles. The van der Waals surface area contributed by atoms with Gasteiger partial charge in [0.1, 0.15) is 18.7 Å². The molecule has 0 amide bonds. The number of nitrogens with zero attached hydrogens (tertiary/aromatic N) is 4. The Morgan fingerprint density at radius 2 is 1.78 bits per heavy atom. The summed E-state index contributed by atoms with van der Waals surface area (Å²) in [5, 5.41) is 7.54. The van der Waals surface area contributed by atoms with Crippen LogP contribution in [0.2, 0.25) is 0 Å². The van der Waals surface area contributed by atoms with Gasteiger partial charge in [-0.25, -0.2) is 14.0 Å². The number of para-hydroxylation sites is 1. The summed E-state index contributed by atoms with van der Waals surface area (Å²) in [6.45, 7) is 7.22. The molecule has 0 saturated carbocycles. The summed E-state index contributed by atoms with van der Waals surface area (Å²) in [4.78, 5) is 27.1. The van der Waals surface area contributed by atoms with Gasteiger partial charge in [0.2, 0.25) is 0 Å². The van der Waals surface area contributed by atoms with Crippen molar-refractivity contribution in [2.45, 2.75) is 32.9 Å². The first-order valence-electron chi connectivity index (χ1n) is 12.7. The predicted octanol–water partition coefficient (Wildman–Crippen LogP) is 2.90. The van der Waals surface area contributed by atoms with Crippen molar-refractivity contribution in [1.29, 1.82) is 0 Å². The minimum atomic E-state index is -0.161. The van der Waals surface area contributed by atoms with E-state index in [9.17, 15) is 9.59 Å². The quantitative estimate of drug-likeness (QED) is 0.285. The Balaban J connectivity index is 0.00000380. The molecule has 2 heterocycles. The van der Waals surface area contributed by atoms with Crippen LogP contribution in [0.25, 0.3) is 5.69 Å². The molecule has 3 aromatic rings. The largest absolute Gasteiger partial charge is 0.492 e. The summed E-state index contributed by atoms with van der Waals surface area (Å²) in [6, 6.07) is 17.7. The number of piperidine rings is 1. The molecular weight excluding hydrogens is 494 g/mol. The molecule has 1 N–H and O–H groups in total. The van der Waals surface area contributed by atoms with Gasteiger partial charge >= 0.3 is 11.7 Å². The lowest BCUT2D eigenvalue weighted by molar-refractivity contribution is -0.149. The van der Waals surface area contributed by atoms with E-state index in [0.29, 0.717) is 32.8 Å². The van der Waals surface area contributed by atoms with Crippen LogP contribution in [-0.2, 0) is 22.6 Å². The number of rotatable bonds is 12. The van der Waals surface area contributed by atoms with Crippen LogP contribution in [0.5, 0.6) is 5.75 Å². The third kappa shape index (κ3) is 8.18. The number of esters is 1. The van der Waals surface area contributed by atoms with Gasteiger partial charge in [-0.2, -0.15) is 5.10 Å². The zero-order chi connectivity index (χ0) is 25.2. The molecule has 0 atom stereocenters. The summed E-state index contributed by atoms with van der Waals surface area (Å²) in [6.07, 6.45) is 3.23. The zero-order valence-corrected chi connectivity index (χ0v) is 22.1. The van der Waals surface area contributed by atoms with Gasteiger partial charge in [0.15, 0.2) is 0 Å². The van der Waals surface area contributed by atoms with E-state index in [0.717, 1.165) is 43.9 Å². The molecule has 4 rings (SSSR count). The second kappa shape index (κ2) is 14.6. The number of hydrogen-bond donors (Lipinski definition) is 1. The number of ether oxygens (including phenoxy) is 2. The molecule has 1 aliphatic rings. The SMILES string of the molecule is CCOC(=O)C1CCN(Cc2ccc(-n3cnn(CCNCCOc4ccccc4)c3=O)cc2)CC1.Cl. The smallest absolute Gasteiger partial charge is 0.350 e. The Morgan fingerprint density at radius 3 is 2.49 bits per heavy atom. The van der Waals surface area contributed by atoms with E-state index < -0.39 is 0 Å². The van der Waals surface area contributed by atoms with Crippen molar-refractivity contribution in [2.24, 2.45) is 5.92 Å². The summed E-state index contributed by atoms with van der Waals surface area (Å²) in [5.41, 5.74) is 1.81. The molecule has 0 bridgehead atoms. The molecule has 1 fully saturated rings. The highest BCUT2D eigenvalue weighted by atomic mass is 35.5. The minimum Gasteiger partial charge on any atom is -0.492 e. The summed E-state index contributed by atoms with van der Waals surface area (Å²) in [7, 11) is 0. The fraction of sp³-hybridized carbons (Fsp3) is 0.444. The fourth-order valence-electron chi connectivity index (χ4n) is 4.34. The molecule has 1 aliphatic heterocycles. The van der Waals surface area contributed by atoms with Gasteiger partial charge in [-0.3, -0.25) is 9.69 Å². The van der Waals surface area contributed by atoms with Gasteiger partial charge in [-0.1, -0.05) is 30.3 Å². The van der Waals surface area contributed by atoms with Crippen molar-refractivity contribution in [3.63, 3.8) is 0 Å². The van der Waals surface area contributed by atoms with Crippen LogP contribution in [0.3, 0.4) is 0 Å². The van der Waals surface area contributed by atoms with Crippen LogP contribution < -0.4 is 15.7 Å². The Bertz CT molecular complexity index is 1140. The molecule has 37 heavy (non-hydrogen) atoms. The molecule has 0 aliphatic carbocycles. The van der Waals surface area contributed by atoms with Crippen LogP contribution in [-0.4, -0.2) is 64.6 Å². The van der Waals surface area contributed by atoms with Crippen LogP contribution in [0, 0.1) is 5.92 Å². The van der Waals surface area contributed by atoms with Crippen LogP contribution in [0.1, 0.15) is 25.3 Å². The maximum Gasteiger partial charge on any atom is 0.350 e. The summed E-state index contributed by atoms with van der Waals surface area (Å²) in [5.74, 6) is 0.795. The molecule has 0 radical (unpaired) electrons. The van der Waals surface area contributed by atoms with Crippen molar-refractivity contribution < 1.29 is 14.3 Å². The molecular formula is C27H36ClN5O4. The first kappa shape index (κ1) is 28.4. The van der Waals surface area contributed by atoms with Gasteiger partial charge < -0.3 is 14.8 Å². The molecule has 10 heteroatoms. The van der Waals surface area contributed by atoms with E-state index in [-0.39, 0.29) is 30.0 Å². The summed E-state index contributed by atoms with van der Waals surface area (Å²) >= 11 is 0. The topological polar surface area (TPSA) is 90.6 Å². The maximum absolute atomic E-state index is 12.8.